The average Bonchev–Trinajstić information content (AvgIpc) is 2.36. The highest BCUT2D eigenvalue weighted by Crippen LogP contribution is 2.28. The van der Waals surface area contributed by atoms with Gasteiger partial charge >= 0.3 is 6.09 Å². The monoisotopic (exact) mass is 221 g/mol. The maximum atomic E-state index is 11.4. The summed E-state index contributed by atoms with van der Waals surface area (Å²) in [6.45, 7) is 0.777. The SMILES string of the molecule is COC(=O)N(C)c1ccc2c(c1)CCCO2. The van der Waals surface area contributed by atoms with Gasteiger partial charge in [-0.2, -0.15) is 0 Å². The summed E-state index contributed by atoms with van der Waals surface area (Å²) in [5.74, 6) is 0.924. The summed E-state index contributed by atoms with van der Waals surface area (Å²) in [6.07, 6.45) is 1.66. The van der Waals surface area contributed by atoms with Crippen LogP contribution in [0.3, 0.4) is 0 Å². The van der Waals surface area contributed by atoms with Crippen LogP contribution >= 0.6 is 0 Å². The summed E-state index contributed by atoms with van der Waals surface area (Å²) in [6, 6.07) is 5.75. The number of anilines is 1. The van der Waals surface area contributed by atoms with Gasteiger partial charge in [-0.25, -0.2) is 4.79 Å². The van der Waals surface area contributed by atoms with Crippen LogP contribution in [0.4, 0.5) is 10.5 Å². The molecule has 16 heavy (non-hydrogen) atoms. The van der Waals surface area contributed by atoms with Crippen LogP contribution < -0.4 is 9.64 Å². The molecule has 2 rings (SSSR count). The number of methoxy groups -OCH3 is 1. The number of fused-ring (bicyclic) bond motifs is 1. The molecule has 0 atom stereocenters. The van der Waals surface area contributed by atoms with Crippen molar-refractivity contribution in [2.75, 3.05) is 25.7 Å². The Labute approximate surface area is 94.8 Å². The van der Waals surface area contributed by atoms with Crippen LogP contribution in [0.25, 0.3) is 0 Å². The summed E-state index contributed by atoms with van der Waals surface area (Å²) >= 11 is 0. The minimum atomic E-state index is -0.364. The molecule has 0 N–H and O–H groups in total. The van der Waals surface area contributed by atoms with Crippen LogP contribution in [0, 0.1) is 0 Å². The number of hydrogen-bond donors (Lipinski definition) is 0. The molecule has 1 aromatic carbocycles. The molecular weight excluding hydrogens is 206 g/mol. The van der Waals surface area contributed by atoms with Gasteiger partial charge in [0.05, 0.1) is 13.7 Å². The first-order chi connectivity index (χ1) is 7.72. The van der Waals surface area contributed by atoms with Gasteiger partial charge in [0.15, 0.2) is 0 Å². The van der Waals surface area contributed by atoms with Gasteiger partial charge in [-0.3, -0.25) is 4.90 Å². The topological polar surface area (TPSA) is 38.8 Å². The fraction of sp³-hybridized carbons (Fsp3) is 0.417. The summed E-state index contributed by atoms with van der Waals surface area (Å²) in [4.78, 5) is 12.8. The normalized spacial score (nSPS) is 13.6. The Morgan fingerprint density at radius 2 is 2.31 bits per heavy atom. The fourth-order valence-electron chi connectivity index (χ4n) is 1.80. The number of aryl methyl sites for hydroxylation is 1. The van der Waals surface area contributed by atoms with Crippen molar-refractivity contribution in [2.45, 2.75) is 12.8 Å². The van der Waals surface area contributed by atoms with Gasteiger partial charge in [-0.15, -0.1) is 0 Å². The van der Waals surface area contributed by atoms with E-state index in [4.69, 9.17) is 4.74 Å². The molecule has 0 radical (unpaired) electrons. The van der Waals surface area contributed by atoms with Crippen LogP contribution in [0.5, 0.6) is 5.75 Å². The van der Waals surface area contributed by atoms with E-state index in [9.17, 15) is 4.79 Å². The number of amides is 1. The van der Waals surface area contributed by atoms with Gasteiger partial charge in [-0.05, 0) is 36.6 Å². The van der Waals surface area contributed by atoms with Gasteiger partial charge in [0.2, 0.25) is 0 Å². The third kappa shape index (κ3) is 1.96. The second kappa shape index (κ2) is 4.43. The lowest BCUT2D eigenvalue weighted by Gasteiger charge is -2.21. The van der Waals surface area contributed by atoms with Crippen LogP contribution in [0.1, 0.15) is 12.0 Å². The number of hydrogen-bond acceptors (Lipinski definition) is 3. The summed E-state index contributed by atoms with van der Waals surface area (Å²) in [5, 5.41) is 0. The Morgan fingerprint density at radius 1 is 1.50 bits per heavy atom. The first-order valence-electron chi connectivity index (χ1n) is 5.30. The molecule has 1 aromatic rings. The molecule has 0 unspecified atom stereocenters. The van der Waals surface area contributed by atoms with Crippen molar-refractivity contribution in [3.05, 3.63) is 23.8 Å². The number of nitrogens with zero attached hydrogens (tertiary/aromatic N) is 1. The minimum absolute atomic E-state index is 0.364. The fourth-order valence-corrected chi connectivity index (χ4v) is 1.80. The molecule has 1 aliphatic rings. The van der Waals surface area contributed by atoms with E-state index in [0.29, 0.717) is 0 Å². The van der Waals surface area contributed by atoms with Gasteiger partial charge < -0.3 is 9.47 Å². The number of benzene rings is 1. The molecule has 0 bridgehead atoms. The summed E-state index contributed by atoms with van der Waals surface area (Å²) in [7, 11) is 3.07. The molecule has 4 heteroatoms. The van der Waals surface area contributed by atoms with E-state index in [1.165, 1.54) is 12.0 Å². The van der Waals surface area contributed by atoms with E-state index < -0.39 is 0 Å². The number of carbonyl (C=O) groups excluding carboxylic acids is 1. The van der Waals surface area contributed by atoms with E-state index in [2.05, 4.69) is 4.74 Å². The third-order valence-corrected chi connectivity index (χ3v) is 2.73. The van der Waals surface area contributed by atoms with Gasteiger partial charge in [-0.1, -0.05) is 0 Å². The average molecular weight is 221 g/mol. The number of rotatable bonds is 1. The lowest BCUT2D eigenvalue weighted by atomic mass is 10.1. The van der Waals surface area contributed by atoms with Gasteiger partial charge in [0.25, 0.3) is 0 Å². The third-order valence-electron chi connectivity index (χ3n) is 2.73. The van der Waals surface area contributed by atoms with Crippen LogP contribution in [0.15, 0.2) is 18.2 Å². The smallest absolute Gasteiger partial charge is 0.413 e. The van der Waals surface area contributed by atoms with Crippen LogP contribution in [-0.4, -0.2) is 26.9 Å². The Hall–Kier alpha value is -1.71. The summed E-state index contributed by atoms with van der Waals surface area (Å²) < 4.78 is 10.2. The zero-order chi connectivity index (χ0) is 11.5. The Bertz CT molecular complexity index is 403. The lowest BCUT2D eigenvalue weighted by molar-refractivity contribution is 0.180. The molecule has 4 nitrogen and oxygen atoms in total. The Balaban J connectivity index is 2.26. The second-order valence-corrected chi connectivity index (χ2v) is 3.77. The molecule has 0 saturated carbocycles. The molecular formula is C12H15NO3. The molecule has 1 aliphatic heterocycles. The minimum Gasteiger partial charge on any atom is -0.493 e. The molecule has 86 valence electrons. The van der Waals surface area contributed by atoms with E-state index in [1.807, 2.05) is 18.2 Å². The maximum absolute atomic E-state index is 11.4. The zero-order valence-electron chi connectivity index (χ0n) is 9.53. The molecule has 0 aliphatic carbocycles. The van der Waals surface area contributed by atoms with Crippen molar-refractivity contribution in [3.63, 3.8) is 0 Å². The van der Waals surface area contributed by atoms with Gasteiger partial charge in [0, 0.05) is 12.7 Å². The predicted molar refractivity (Wildman–Crippen MR) is 61.1 cm³/mol. The van der Waals surface area contributed by atoms with E-state index >= 15 is 0 Å². The highest BCUT2D eigenvalue weighted by Gasteiger charge is 2.15. The standard InChI is InChI=1S/C12H15NO3/c1-13(12(14)15-2)10-5-6-11-9(8-10)4-3-7-16-11/h5-6,8H,3-4,7H2,1-2H3. The van der Waals surface area contributed by atoms with Crippen LogP contribution in [0.2, 0.25) is 0 Å². The summed E-state index contributed by atoms with van der Waals surface area (Å²) in [5.41, 5.74) is 1.98. The van der Waals surface area contributed by atoms with Crippen molar-refractivity contribution in [1.29, 1.82) is 0 Å². The molecule has 0 saturated heterocycles. The van der Waals surface area contributed by atoms with Crippen molar-refractivity contribution >= 4 is 11.8 Å². The van der Waals surface area contributed by atoms with E-state index in [-0.39, 0.29) is 6.09 Å². The van der Waals surface area contributed by atoms with Crippen molar-refractivity contribution < 1.29 is 14.3 Å². The van der Waals surface area contributed by atoms with Crippen molar-refractivity contribution in [3.8, 4) is 5.75 Å². The molecule has 1 amide bonds. The quantitative estimate of drug-likeness (QED) is 0.729. The van der Waals surface area contributed by atoms with Crippen molar-refractivity contribution in [2.24, 2.45) is 0 Å². The second-order valence-electron chi connectivity index (χ2n) is 3.77. The highest BCUT2D eigenvalue weighted by molar-refractivity contribution is 5.87. The molecule has 1 heterocycles. The number of ether oxygens (including phenoxy) is 2. The first kappa shape index (κ1) is 10.8. The Kier molecular flexibility index (Phi) is 2.99. The van der Waals surface area contributed by atoms with E-state index in [1.54, 1.807) is 7.05 Å². The number of carbonyl (C=O) groups is 1. The lowest BCUT2D eigenvalue weighted by Crippen LogP contribution is -2.26. The molecule has 0 fully saturated rings. The van der Waals surface area contributed by atoms with Crippen LogP contribution in [-0.2, 0) is 11.2 Å². The van der Waals surface area contributed by atoms with E-state index in [0.717, 1.165) is 36.4 Å². The maximum Gasteiger partial charge on any atom is 0.413 e. The highest BCUT2D eigenvalue weighted by atomic mass is 16.5. The Morgan fingerprint density at radius 3 is 3.06 bits per heavy atom. The van der Waals surface area contributed by atoms with Crippen molar-refractivity contribution in [1.82, 2.24) is 0 Å². The molecule has 0 spiro atoms. The first-order valence-corrected chi connectivity index (χ1v) is 5.30. The van der Waals surface area contributed by atoms with Gasteiger partial charge in [0.1, 0.15) is 5.75 Å². The zero-order valence-corrected chi connectivity index (χ0v) is 9.53. The largest absolute Gasteiger partial charge is 0.493 e. The molecule has 0 aromatic heterocycles. The predicted octanol–water partition coefficient (Wildman–Crippen LogP) is 2.21.